The van der Waals surface area contributed by atoms with Crippen molar-refractivity contribution >= 4 is 5.97 Å². The van der Waals surface area contributed by atoms with Crippen molar-refractivity contribution < 1.29 is 9.90 Å². The fourth-order valence-corrected chi connectivity index (χ4v) is 2.58. The largest absolute Gasteiger partial charge is 0.481 e. The molecule has 3 nitrogen and oxygen atoms in total. The molecule has 1 heterocycles. The molecule has 1 aromatic carbocycles. The van der Waals surface area contributed by atoms with Crippen molar-refractivity contribution in [2.24, 2.45) is 0 Å². The highest BCUT2D eigenvalue weighted by Gasteiger charge is 2.20. The van der Waals surface area contributed by atoms with Crippen molar-refractivity contribution in [2.75, 3.05) is 19.6 Å². The predicted octanol–water partition coefficient (Wildman–Crippen LogP) is 2.65. The first-order chi connectivity index (χ1) is 8.65. The molecule has 18 heavy (non-hydrogen) atoms. The number of piperidine rings is 1. The van der Waals surface area contributed by atoms with Gasteiger partial charge in [-0.2, -0.15) is 0 Å². The van der Waals surface area contributed by atoms with Crippen LogP contribution in [0.25, 0.3) is 0 Å². The number of aryl methyl sites for hydroxylation is 1. The zero-order valence-electron chi connectivity index (χ0n) is 10.9. The van der Waals surface area contributed by atoms with Gasteiger partial charge in [-0.25, -0.2) is 0 Å². The molecule has 0 amide bonds. The molecule has 1 aromatic rings. The van der Waals surface area contributed by atoms with Gasteiger partial charge in [0.05, 0.1) is 6.42 Å². The van der Waals surface area contributed by atoms with E-state index in [-0.39, 0.29) is 6.42 Å². The van der Waals surface area contributed by atoms with Gasteiger partial charge in [-0.3, -0.25) is 4.79 Å². The van der Waals surface area contributed by atoms with Gasteiger partial charge in [0, 0.05) is 6.54 Å². The molecule has 1 aliphatic heterocycles. The summed E-state index contributed by atoms with van der Waals surface area (Å²) in [5, 5.41) is 8.67. The summed E-state index contributed by atoms with van der Waals surface area (Å²) in [4.78, 5) is 12.8. The SMILES string of the molecule is Cc1ccc(C2CCN(CCC(=O)O)CC2)cc1. The van der Waals surface area contributed by atoms with Crippen LogP contribution in [0.2, 0.25) is 0 Å². The molecule has 0 aliphatic carbocycles. The number of carboxylic acid groups (broad SMARTS) is 1. The van der Waals surface area contributed by atoms with Crippen LogP contribution in [0.15, 0.2) is 24.3 Å². The first-order valence-corrected chi connectivity index (χ1v) is 6.66. The van der Waals surface area contributed by atoms with E-state index < -0.39 is 5.97 Å². The van der Waals surface area contributed by atoms with E-state index in [1.54, 1.807) is 0 Å². The standard InChI is InChI=1S/C15H21NO2/c1-12-2-4-13(5-3-12)14-6-9-16(10-7-14)11-8-15(17)18/h2-5,14H,6-11H2,1H3,(H,17,18). The lowest BCUT2D eigenvalue weighted by Crippen LogP contribution is -2.34. The molecule has 1 N–H and O–H groups in total. The molecule has 98 valence electrons. The zero-order valence-corrected chi connectivity index (χ0v) is 10.9. The van der Waals surface area contributed by atoms with Crippen LogP contribution in [0, 0.1) is 6.92 Å². The lowest BCUT2D eigenvalue weighted by molar-refractivity contribution is -0.137. The highest BCUT2D eigenvalue weighted by molar-refractivity contribution is 5.66. The number of carbonyl (C=O) groups is 1. The third kappa shape index (κ3) is 3.57. The third-order valence-corrected chi connectivity index (χ3v) is 3.78. The quantitative estimate of drug-likeness (QED) is 0.889. The number of aliphatic carboxylic acids is 1. The van der Waals surface area contributed by atoms with Crippen molar-refractivity contribution in [3.05, 3.63) is 35.4 Å². The number of hydrogen-bond donors (Lipinski definition) is 1. The van der Waals surface area contributed by atoms with E-state index in [2.05, 4.69) is 36.1 Å². The summed E-state index contributed by atoms with van der Waals surface area (Å²) in [6, 6.07) is 8.80. The second-order valence-electron chi connectivity index (χ2n) is 5.17. The third-order valence-electron chi connectivity index (χ3n) is 3.78. The van der Waals surface area contributed by atoms with Gasteiger partial charge in [0.1, 0.15) is 0 Å². The van der Waals surface area contributed by atoms with E-state index >= 15 is 0 Å². The van der Waals surface area contributed by atoms with Crippen LogP contribution in [0.3, 0.4) is 0 Å². The average Bonchev–Trinajstić information content (AvgIpc) is 2.38. The lowest BCUT2D eigenvalue weighted by Gasteiger charge is -2.31. The average molecular weight is 247 g/mol. The molecule has 1 aliphatic rings. The Hall–Kier alpha value is -1.35. The van der Waals surface area contributed by atoms with Crippen molar-refractivity contribution in [1.29, 1.82) is 0 Å². The van der Waals surface area contributed by atoms with E-state index in [0.717, 1.165) is 25.9 Å². The van der Waals surface area contributed by atoms with Crippen molar-refractivity contribution in [3.8, 4) is 0 Å². The van der Waals surface area contributed by atoms with Crippen LogP contribution in [0.5, 0.6) is 0 Å². The number of likely N-dealkylation sites (tertiary alicyclic amines) is 1. The fourth-order valence-electron chi connectivity index (χ4n) is 2.58. The molecule has 0 unspecified atom stereocenters. The molecule has 1 saturated heterocycles. The van der Waals surface area contributed by atoms with Crippen molar-refractivity contribution in [2.45, 2.75) is 32.1 Å². The smallest absolute Gasteiger partial charge is 0.304 e. The molecular weight excluding hydrogens is 226 g/mol. The molecular formula is C15H21NO2. The van der Waals surface area contributed by atoms with Crippen LogP contribution in [-0.2, 0) is 4.79 Å². The van der Waals surface area contributed by atoms with Crippen LogP contribution in [0.1, 0.15) is 36.3 Å². The Bertz CT molecular complexity index is 391. The van der Waals surface area contributed by atoms with E-state index in [0.29, 0.717) is 12.5 Å². The van der Waals surface area contributed by atoms with E-state index in [1.165, 1.54) is 11.1 Å². The molecule has 0 bridgehead atoms. The summed E-state index contributed by atoms with van der Waals surface area (Å²) in [6.45, 7) is 4.84. The van der Waals surface area contributed by atoms with E-state index in [9.17, 15) is 4.79 Å². The maximum absolute atomic E-state index is 10.5. The number of nitrogens with zero attached hydrogens (tertiary/aromatic N) is 1. The van der Waals surface area contributed by atoms with Crippen molar-refractivity contribution in [1.82, 2.24) is 4.90 Å². The highest BCUT2D eigenvalue weighted by Crippen LogP contribution is 2.28. The highest BCUT2D eigenvalue weighted by atomic mass is 16.4. The topological polar surface area (TPSA) is 40.5 Å². The summed E-state index contributed by atoms with van der Waals surface area (Å²) in [7, 11) is 0. The Morgan fingerprint density at radius 3 is 2.44 bits per heavy atom. The van der Waals surface area contributed by atoms with E-state index in [1.807, 2.05) is 0 Å². The minimum atomic E-state index is -0.698. The Morgan fingerprint density at radius 2 is 1.89 bits per heavy atom. The van der Waals surface area contributed by atoms with Crippen molar-refractivity contribution in [3.63, 3.8) is 0 Å². The van der Waals surface area contributed by atoms with Crippen LogP contribution < -0.4 is 0 Å². The van der Waals surface area contributed by atoms with Crippen LogP contribution >= 0.6 is 0 Å². The second-order valence-corrected chi connectivity index (χ2v) is 5.17. The number of carboxylic acids is 1. The van der Waals surface area contributed by atoms with Gasteiger partial charge in [0.15, 0.2) is 0 Å². The molecule has 1 fully saturated rings. The molecule has 0 atom stereocenters. The lowest BCUT2D eigenvalue weighted by atomic mass is 9.89. The molecule has 0 radical (unpaired) electrons. The summed E-state index contributed by atoms with van der Waals surface area (Å²) >= 11 is 0. The normalized spacial score (nSPS) is 17.8. The summed E-state index contributed by atoms with van der Waals surface area (Å²) < 4.78 is 0. The molecule has 0 spiro atoms. The second kappa shape index (κ2) is 6.01. The number of rotatable bonds is 4. The van der Waals surface area contributed by atoms with Gasteiger partial charge < -0.3 is 10.0 Å². The molecule has 2 rings (SSSR count). The number of benzene rings is 1. The van der Waals surface area contributed by atoms with Gasteiger partial charge in [-0.1, -0.05) is 29.8 Å². The molecule has 3 heteroatoms. The Balaban J connectivity index is 1.83. The Kier molecular flexibility index (Phi) is 4.37. The zero-order chi connectivity index (χ0) is 13.0. The maximum atomic E-state index is 10.5. The Morgan fingerprint density at radius 1 is 1.28 bits per heavy atom. The van der Waals surface area contributed by atoms with Gasteiger partial charge in [-0.05, 0) is 44.3 Å². The predicted molar refractivity (Wildman–Crippen MR) is 71.8 cm³/mol. The van der Waals surface area contributed by atoms with E-state index in [4.69, 9.17) is 5.11 Å². The summed E-state index contributed by atoms with van der Waals surface area (Å²) in [5.41, 5.74) is 2.73. The van der Waals surface area contributed by atoms with Gasteiger partial charge in [0.25, 0.3) is 0 Å². The van der Waals surface area contributed by atoms with Gasteiger partial charge in [-0.15, -0.1) is 0 Å². The summed E-state index contributed by atoms with van der Waals surface area (Å²) in [6.07, 6.45) is 2.54. The molecule has 0 aromatic heterocycles. The fraction of sp³-hybridized carbons (Fsp3) is 0.533. The van der Waals surface area contributed by atoms with Crippen LogP contribution in [-0.4, -0.2) is 35.6 Å². The first-order valence-electron chi connectivity index (χ1n) is 6.66. The monoisotopic (exact) mass is 247 g/mol. The van der Waals surface area contributed by atoms with Gasteiger partial charge in [0.2, 0.25) is 0 Å². The van der Waals surface area contributed by atoms with Gasteiger partial charge >= 0.3 is 5.97 Å². The molecule has 0 saturated carbocycles. The minimum Gasteiger partial charge on any atom is -0.481 e. The minimum absolute atomic E-state index is 0.259. The van der Waals surface area contributed by atoms with Crippen LogP contribution in [0.4, 0.5) is 0 Å². The first kappa shape index (κ1) is 13.1. The number of hydrogen-bond acceptors (Lipinski definition) is 2. The Labute approximate surface area is 108 Å². The summed E-state index contributed by atoms with van der Waals surface area (Å²) in [5.74, 6) is -0.0534. The maximum Gasteiger partial charge on any atom is 0.304 e.